The van der Waals surface area contributed by atoms with Crippen LogP contribution in [0.25, 0.3) is 0 Å². The Kier molecular flexibility index (Phi) is 4.55. The molecule has 1 amide bonds. The number of amides is 1. The van der Waals surface area contributed by atoms with Crippen LogP contribution in [0, 0.1) is 6.92 Å². The van der Waals surface area contributed by atoms with Crippen LogP contribution in [0.2, 0.25) is 0 Å². The van der Waals surface area contributed by atoms with Crippen LogP contribution in [0.5, 0.6) is 0 Å². The third-order valence-electron chi connectivity index (χ3n) is 1.77. The topological polar surface area (TPSA) is 54.0 Å². The van der Waals surface area contributed by atoms with E-state index in [1.807, 2.05) is 19.9 Å². The lowest BCUT2D eigenvalue weighted by Gasteiger charge is -2.07. The summed E-state index contributed by atoms with van der Waals surface area (Å²) in [6.45, 7) is 4.73. The van der Waals surface area contributed by atoms with Gasteiger partial charge in [-0.25, -0.2) is 4.98 Å². The number of carbonyl (C=O) groups excluding carboxylic acids is 1. The van der Waals surface area contributed by atoms with E-state index in [2.05, 4.69) is 31.5 Å². The second-order valence-corrected chi connectivity index (χ2v) is 4.00. The van der Waals surface area contributed by atoms with E-state index in [0.29, 0.717) is 12.4 Å². The van der Waals surface area contributed by atoms with Gasteiger partial charge in [0.05, 0.1) is 11.0 Å². The fraction of sp³-hybridized carbons (Fsp3) is 0.400. The number of hydrogen-bond acceptors (Lipinski definition) is 3. The number of nitrogens with zero attached hydrogens (tertiary/aromatic N) is 1. The fourth-order valence-corrected chi connectivity index (χ4v) is 1.69. The molecule has 0 radical (unpaired) electrons. The van der Waals surface area contributed by atoms with E-state index in [-0.39, 0.29) is 12.5 Å². The first-order valence-corrected chi connectivity index (χ1v) is 5.55. The number of halogens is 1. The fourth-order valence-electron chi connectivity index (χ4n) is 1.09. The molecular weight excluding hydrogens is 258 g/mol. The van der Waals surface area contributed by atoms with Crippen molar-refractivity contribution in [3.63, 3.8) is 0 Å². The molecule has 1 aromatic heterocycles. The van der Waals surface area contributed by atoms with Crippen LogP contribution in [-0.2, 0) is 4.79 Å². The third kappa shape index (κ3) is 3.87. The quantitative estimate of drug-likeness (QED) is 0.877. The number of rotatable bonds is 4. The average molecular weight is 272 g/mol. The Hall–Kier alpha value is -1.10. The summed E-state index contributed by atoms with van der Waals surface area (Å²) in [5, 5.41) is 5.66. The summed E-state index contributed by atoms with van der Waals surface area (Å²) in [4.78, 5) is 15.3. The summed E-state index contributed by atoms with van der Waals surface area (Å²) >= 11 is 3.38. The molecule has 0 unspecified atom stereocenters. The van der Waals surface area contributed by atoms with E-state index in [0.717, 1.165) is 10.0 Å². The van der Waals surface area contributed by atoms with Gasteiger partial charge in [-0.1, -0.05) is 0 Å². The maximum absolute atomic E-state index is 11.2. The highest BCUT2D eigenvalue weighted by atomic mass is 79.9. The number of hydrogen-bond donors (Lipinski definition) is 2. The molecule has 0 aromatic carbocycles. The molecule has 2 N–H and O–H groups in total. The van der Waals surface area contributed by atoms with Crippen molar-refractivity contribution in [2.45, 2.75) is 13.8 Å². The van der Waals surface area contributed by atoms with Gasteiger partial charge in [-0.2, -0.15) is 0 Å². The Balaban J connectivity index is 2.54. The normalized spacial score (nSPS) is 9.80. The van der Waals surface area contributed by atoms with Gasteiger partial charge in [-0.3, -0.25) is 4.79 Å². The number of likely N-dealkylation sites (N-methyl/N-ethyl adjacent to an activating group) is 1. The van der Waals surface area contributed by atoms with E-state index in [1.54, 1.807) is 6.20 Å². The van der Waals surface area contributed by atoms with Crippen molar-refractivity contribution in [2.75, 3.05) is 18.4 Å². The summed E-state index contributed by atoms with van der Waals surface area (Å²) in [5.74, 6) is 0.652. The van der Waals surface area contributed by atoms with Crippen LogP contribution in [0.1, 0.15) is 12.5 Å². The highest BCUT2D eigenvalue weighted by Crippen LogP contribution is 2.19. The minimum atomic E-state index is -0.0354. The second-order valence-electron chi connectivity index (χ2n) is 3.15. The summed E-state index contributed by atoms with van der Waals surface area (Å²) in [7, 11) is 0. The molecule has 0 bridgehead atoms. The van der Waals surface area contributed by atoms with Crippen molar-refractivity contribution in [3.8, 4) is 0 Å². The van der Waals surface area contributed by atoms with Gasteiger partial charge in [-0.15, -0.1) is 0 Å². The highest BCUT2D eigenvalue weighted by Gasteiger charge is 2.03. The highest BCUT2D eigenvalue weighted by molar-refractivity contribution is 9.10. The lowest BCUT2D eigenvalue weighted by Crippen LogP contribution is -2.29. The monoisotopic (exact) mass is 271 g/mol. The molecule has 4 nitrogen and oxygen atoms in total. The molecule has 5 heteroatoms. The van der Waals surface area contributed by atoms with E-state index < -0.39 is 0 Å². The van der Waals surface area contributed by atoms with Gasteiger partial charge in [0.25, 0.3) is 0 Å². The molecule has 0 saturated carbocycles. The molecule has 0 spiro atoms. The van der Waals surface area contributed by atoms with Crippen LogP contribution >= 0.6 is 15.9 Å². The van der Waals surface area contributed by atoms with Crippen molar-refractivity contribution < 1.29 is 4.79 Å². The second kappa shape index (κ2) is 5.70. The number of aryl methyl sites for hydroxylation is 1. The van der Waals surface area contributed by atoms with Gasteiger partial charge in [0.1, 0.15) is 5.82 Å². The summed E-state index contributed by atoms with van der Waals surface area (Å²) in [6.07, 6.45) is 1.75. The zero-order valence-electron chi connectivity index (χ0n) is 8.80. The van der Waals surface area contributed by atoms with Gasteiger partial charge < -0.3 is 10.6 Å². The van der Waals surface area contributed by atoms with Crippen LogP contribution in [0.3, 0.4) is 0 Å². The van der Waals surface area contributed by atoms with Crippen LogP contribution in [-0.4, -0.2) is 24.0 Å². The van der Waals surface area contributed by atoms with Crippen molar-refractivity contribution in [1.82, 2.24) is 10.3 Å². The molecule has 1 heterocycles. The predicted octanol–water partition coefficient (Wildman–Crippen LogP) is 1.70. The van der Waals surface area contributed by atoms with E-state index in [1.165, 1.54) is 0 Å². The van der Waals surface area contributed by atoms with Gasteiger partial charge >= 0.3 is 0 Å². The van der Waals surface area contributed by atoms with Gasteiger partial charge in [0.15, 0.2) is 0 Å². The molecule has 0 aliphatic carbocycles. The number of nitrogens with one attached hydrogen (secondary N) is 2. The zero-order chi connectivity index (χ0) is 11.3. The third-order valence-corrected chi connectivity index (χ3v) is 2.37. The average Bonchev–Trinajstić information content (AvgIpc) is 2.17. The van der Waals surface area contributed by atoms with Crippen LogP contribution in [0.15, 0.2) is 16.7 Å². The van der Waals surface area contributed by atoms with E-state index >= 15 is 0 Å². The van der Waals surface area contributed by atoms with Crippen molar-refractivity contribution in [3.05, 3.63) is 22.3 Å². The Bertz CT molecular complexity index is 355. The van der Waals surface area contributed by atoms with Gasteiger partial charge in [0.2, 0.25) is 5.91 Å². The van der Waals surface area contributed by atoms with E-state index in [9.17, 15) is 4.79 Å². The number of pyridine rings is 1. The lowest BCUT2D eigenvalue weighted by atomic mass is 10.3. The molecular formula is C10H14BrN3O. The lowest BCUT2D eigenvalue weighted by molar-refractivity contribution is -0.119. The Labute approximate surface area is 97.6 Å². The van der Waals surface area contributed by atoms with Crippen LogP contribution in [0.4, 0.5) is 5.82 Å². The first-order valence-electron chi connectivity index (χ1n) is 4.76. The Morgan fingerprint density at radius 2 is 2.33 bits per heavy atom. The predicted molar refractivity (Wildman–Crippen MR) is 63.8 cm³/mol. The molecule has 0 fully saturated rings. The smallest absolute Gasteiger partial charge is 0.239 e. The standard InChI is InChI=1S/C10H14BrN3O/c1-3-12-9(15)6-14-10-8(11)4-7(2)5-13-10/h4-5H,3,6H2,1-2H3,(H,12,15)(H,13,14). The first kappa shape index (κ1) is 12.0. The van der Waals surface area contributed by atoms with Crippen molar-refractivity contribution in [1.29, 1.82) is 0 Å². The minimum absolute atomic E-state index is 0.0354. The van der Waals surface area contributed by atoms with Crippen molar-refractivity contribution >= 4 is 27.7 Å². The van der Waals surface area contributed by atoms with Gasteiger partial charge in [-0.05, 0) is 41.4 Å². The molecule has 0 aliphatic heterocycles. The molecule has 0 saturated heterocycles. The number of anilines is 1. The maximum Gasteiger partial charge on any atom is 0.239 e. The first-order chi connectivity index (χ1) is 7.13. The minimum Gasteiger partial charge on any atom is -0.360 e. The largest absolute Gasteiger partial charge is 0.360 e. The summed E-state index contributed by atoms with van der Waals surface area (Å²) < 4.78 is 0.867. The van der Waals surface area contributed by atoms with Crippen molar-refractivity contribution in [2.24, 2.45) is 0 Å². The number of carbonyl (C=O) groups is 1. The number of aromatic nitrogens is 1. The molecule has 0 aliphatic rings. The molecule has 1 aromatic rings. The summed E-state index contributed by atoms with van der Waals surface area (Å²) in [6, 6.07) is 1.95. The zero-order valence-corrected chi connectivity index (χ0v) is 10.4. The molecule has 15 heavy (non-hydrogen) atoms. The summed E-state index contributed by atoms with van der Waals surface area (Å²) in [5.41, 5.74) is 1.07. The Morgan fingerprint density at radius 3 is 2.93 bits per heavy atom. The molecule has 82 valence electrons. The maximum atomic E-state index is 11.2. The van der Waals surface area contributed by atoms with Gasteiger partial charge in [0, 0.05) is 12.7 Å². The van der Waals surface area contributed by atoms with E-state index in [4.69, 9.17) is 0 Å². The SMILES string of the molecule is CCNC(=O)CNc1ncc(C)cc1Br. The molecule has 0 atom stereocenters. The van der Waals surface area contributed by atoms with Crippen LogP contribution < -0.4 is 10.6 Å². The Morgan fingerprint density at radius 1 is 1.60 bits per heavy atom. The molecule has 1 rings (SSSR count).